The summed E-state index contributed by atoms with van der Waals surface area (Å²) in [4.78, 5) is 4.46. The van der Waals surface area contributed by atoms with E-state index in [0.717, 1.165) is 34.7 Å². The molecule has 2 N–H and O–H groups in total. The van der Waals surface area contributed by atoms with Crippen LogP contribution in [0.2, 0.25) is 0 Å². The topological polar surface area (TPSA) is 81.2 Å². The lowest BCUT2D eigenvalue weighted by Crippen LogP contribution is -2.10. The van der Waals surface area contributed by atoms with Crippen LogP contribution < -0.4 is 20.1 Å². The number of anilines is 3. The van der Waals surface area contributed by atoms with Crippen LogP contribution in [0, 0.1) is 6.92 Å². The number of ether oxygens (including phenoxy) is 2. The third-order valence-electron chi connectivity index (χ3n) is 4.11. The summed E-state index contributed by atoms with van der Waals surface area (Å²) in [6, 6.07) is 13.9. The zero-order chi connectivity index (χ0) is 19.1. The van der Waals surface area contributed by atoms with Crippen molar-refractivity contribution in [2.24, 2.45) is 0 Å². The number of hydrogen-bond acceptors (Lipinski definition) is 7. The highest BCUT2D eigenvalue weighted by Crippen LogP contribution is 2.27. The van der Waals surface area contributed by atoms with E-state index in [1.807, 2.05) is 49.4 Å². The number of methoxy groups -OCH3 is 2. The molecule has 7 heteroatoms. The Balaban J connectivity index is 1.60. The molecule has 0 spiro atoms. The lowest BCUT2D eigenvalue weighted by molar-refractivity contribution is 0.354. The fourth-order valence-electron chi connectivity index (χ4n) is 2.64. The third-order valence-corrected chi connectivity index (χ3v) is 4.11. The van der Waals surface area contributed by atoms with Crippen molar-refractivity contribution in [3.05, 3.63) is 59.8 Å². The number of aryl methyl sites for hydroxylation is 1. The van der Waals surface area contributed by atoms with Gasteiger partial charge in [-0.05, 0) is 42.7 Å². The summed E-state index contributed by atoms with van der Waals surface area (Å²) in [5.74, 6) is 2.57. The van der Waals surface area contributed by atoms with Crippen molar-refractivity contribution in [3.63, 3.8) is 0 Å². The highest BCUT2D eigenvalue weighted by atomic mass is 16.5. The first kappa shape index (κ1) is 18.4. The van der Waals surface area contributed by atoms with Crippen LogP contribution >= 0.6 is 0 Å². The van der Waals surface area contributed by atoms with Crippen molar-refractivity contribution in [1.29, 1.82) is 0 Å². The third kappa shape index (κ3) is 4.84. The van der Waals surface area contributed by atoms with Crippen molar-refractivity contribution in [2.75, 3.05) is 31.4 Å². The predicted molar refractivity (Wildman–Crippen MR) is 106 cm³/mol. The number of nitrogens with zero attached hydrogens (tertiary/aromatic N) is 3. The van der Waals surface area contributed by atoms with Crippen LogP contribution in [0.25, 0.3) is 0 Å². The van der Waals surface area contributed by atoms with Gasteiger partial charge < -0.3 is 20.1 Å². The molecule has 0 fully saturated rings. The predicted octanol–water partition coefficient (Wildman–Crippen LogP) is 3.60. The van der Waals surface area contributed by atoms with Gasteiger partial charge in [-0.25, -0.2) is 0 Å². The molecule has 1 heterocycles. The Morgan fingerprint density at radius 2 is 1.81 bits per heavy atom. The van der Waals surface area contributed by atoms with Gasteiger partial charge in [0.25, 0.3) is 0 Å². The van der Waals surface area contributed by atoms with Gasteiger partial charge in [0.15, 0.2) is 17.3 Å². The normalized spacial score (nSPS) is 10.3. The number of hydrogen-bond donors (Lipinski definition) is 2. The van der Waals surface area contributed by atoms with Gasteiger partial charge in [-0.2, -0.15) is 10.1 Å². The first-order valence-electron chi connectivity index (χ1n) is 8.66. The van der Waals surface area contributed by atoms with E-state index in [1.165, 1.54) is 0 Å². The summed E-state index contributed by atoms with van der Waals surface area (Å²) < 4.78 is 10.6. The van der Waals surface area contributed by atoms with Gasteiger partial charge in [0, 0.05) is 12.2 Å². The molecule has 0 unspecified atom stereocenters. The summed E-state index contributed by atoms with van der Waals surface area (Å²) in [6.45, 7) is 2.71. The number of para-hydroxylation sites is 1. The number of aromatic nitrogens is 3. The summed E-state index contributed by atoms with van der Waals surface area (Å²) in [5, 5.41) is 14.5. The van der Waals surface area contributed by atoms with E-state index >= 15 is 0 Å². The summed E-state index contributed by atoms with van der Waals surface area (Å²) in [5.41, 5.74) is 3.26. The van der Waals surface area contributed by atoms with E-state index in [9.17, 15) is 0 Å². The molecule has 0 saturated carbocycles. The molecule has 0 aliphatic heterocycles. The molecule has 0 saturated heterocycles. The fraction of sp³-hybridized carbons (Fsp3) is 0.250. The minimum absolute atomic E-state index is 0.481. The van der Waals surface area contributed by atoms with Crippen LogP contribution in [0.4, 0.5) is 17.5 Å². The molecule has 3 rings (SSSR count). The molecule has 0 bridgehead atoms. The highest BCUT2D eigenvalue weighted by Gasteiger charge is 2.06. The van der Waals surface area contributed by atoms with E-state index < -0.39 is 0 Å². The van der Waals surface area contributed by atoms with Crippen LogP contribution in [0.3, 0.4) is 0 Å². The molecule has 2 aromatic carbocycles. The van der Waals surface area contributed by atoms with Crippen molar-refractivity contribution in [2.45, 2.75) is 13.3 Å². The van der Waals surface area contributed by atoms with Gasteiger partial charge in [0.05, 0.1) is 20.4 Å². The molecule has 0 aliphatic rings. The monoisotopic (exact) mass is 365 g/mol. The minimum atomic E-state index is 0.481. The summed E-state index contributed by atoms with van der Waals surface area (Å²) >= 11 is 0. The van der Waals surface area contributed by atoms with Gasteiger partial charge in [-0.1, -0.05) is 24.3 Å². The fourth-order valence-corrected chi connectivity index (χ4v) is 2.64. The van der Waals surface area contributed by atoms with Crippen LogP contribution in [0.1, 0.15) is 11.1 Å². The standard InChI is InChI=1S/C20H23N5O2/c1-14-6-4-5-7-16(14)23-19-13-22-25-20(24-19)21-11-10-15-8-9-17(26-2)18(12-15)27-3/h4-9,12-13H,10-11H2,1-3H3,(H2,21,23,24,25). The second-order valence-corrected chi connectivity index (χ2v) is 5.97. The maximum atomic E-state index is 5.34. The Labute approximate surface area is 158 Å². The second-order valence-electron chi connectivity index (χ2n) is 5.97. The molecule has 27 heavy (non-hydrogen) atoms. The lowest BCUT2D eigenvalue weighted by Gasteiger charge is -2.11. The van der Waals surface area contributed by atoms with E-state index in [4.69, 9.17) is 9.47 Å². The van der Waals surface area contributed by atoms with E-state index in [0.29, 0.717) is 18.3 Å². The molecule has 1 aromatic heterocycles. The van der Waals surface area contributed by atoms with Gasteiger partial charge in [-0.3, -0.25) is 0 Å². The largest absolute Gasteiger partial charge is 0.493 e. The molecule has 7 nitrogen and oxygen atoms in total. The lowest BCUT2D eigenvalue weighted by atomic mass is 10.1. The number of rotatable bonds is 8. The van der Waals surface area contributed by atoms with Gasteiger partial charge >= 0.3 is 0 Å². The second kappa shape index (κ2) is 8.84. The SMILES string of the molecule is COc1ccc(CCNc2nncc(Nc3ccccc3C)n2)cc1OC. The zero-order valence-corrected chi connectivity index (χ0v) is 15.7. The van der Waals surface area contributed by atoms with Crippen LogP contribution in [-0.2, 0) is 6.42 Å². The first-order valence-corrected chi connectivity index (χ1v) is 8.66. The Morgan fingerprint density at radius 3 is 2.59 bits per heavy atom. The summed E-state index contributed by atoms with van der Waals surface area (Å²) in [7, 11) is 3.26. The summed E-state index contributed by atoms with van der Waals surface area (Å²) in [6.07, 6.45) is 2.39. The molecule has 140 valence electrons. The highest BCUT2D eigenvalue weighted by molar-refractivity contribution is 5.60. The Hall–Kier alpha value is -3.35. The first-order chi connectivity index (χ1) is 13.2. The quantitative estimate of drug-likeness (QED) is 0.631. The Morgan fingerprint density at radius 1 is 1.00 bits per heavy atom. The molecule has 0 radical (unpaired) electrons. The van der Waals surface area contributed by atoms with E-state index in [-0.39, 0.29) is 0 Å². The van der Waals surface area contributed by atoms with Gasteiger partial charge in [0.2, 0.25) is 5.95 Å². The van der Waals surface area contributed by atoms with Crippen molar-refractivity contribution in [3.8, 4) is 11.5 Å². The zero-order valence-electron chi connectivity index (χ0n) is 15.7. The average Bonchev–Trinajstić information content (AvgIpc) is 2.70. The molecule has 3 aromatic rings. The molecule has 0 atom stereocenters. The van der Waals surface area contributed by atoms with Crippen molar-refractivity contribution in [1.82, 2.24) is 15.2 Å². The average molecular weight is 365 g/mol. The number of nitrogens with one attached hydrogen (secondary N) is 2. The van der Waals surface area contributed by atoms with Crippen molar-refractivity contribution >= 4 is 17.5 Å². The van der Waals surface area contributed by atoms with Crippen LogP contribution in [0.15, 0.2) is 48.7 Å². The van der Waals surface area contributed by atoms with Crippen LogP contribution in [-0.4, -0.2) is 35.9 Å². The van der Waals surface area contributed by atoms with Gasteiger partial charge in [0.1, 0.15) is 0 Å². The maximum absolute atomic E-state index is 5.34. The minimum Gasteiger partial charge on any atom is -0.493 e. The van der Waals surface area contributed by atoms with Gasteiger partial charge in [-0.15, -0.1) is 5.10 Å². The molecule has 0 amide bonds. The van der Waals surface area contributed by atoms with Crippen molar-refractivity contribution < 1.29 is 9.47 Å². The van der Waals surface area contributed by atoms with Crippen LogP contribution in [0.5, 0.6) is 11.5 Å². The maximum Gasteiger partial charge on any atom is 0.244 e. The molecular weight excluding hydrogens is 342 g/mol. The van der Waals surface area contributed by atoms with E-state index in [1.54, 1.807) is 20.4 Å². The molecular formula is C20H23N5O2. The van der Waals surface area contributed by atoms with E-state index in [2.05, 4.69) is 25.8 Å². The molecule has 0 aliphatic carbocycles. The Bertz CT molecular complexity index is 901. The smallest absolute Gasteiger partial charge is 0.244 e. The Kier molecular flexibility index (Phi) is 6.04. The number of benzene rings is 2.